The Morgan fingerprint density at radius 1 is 1.27 bits per heavy atom. The second-order valence-electron chi connectivity index (χ2n) is 3.94. The van der Waals surface area contributed by atoms with Crippen LogP contribution in [0.25, 0.3) is 0 Å². The molecule has 0 aliphatic rings. The number of ether oxygens (including phenoxy) is 2. The number of methoxy groups -OCH3 is 1. The highest BCUT2D eigenvalue weighted by Crippen LogP contribution is 2.29. The standard InChI is InChI=1S/C12H19NO2/c1-9(2)6-7-15-12-8-10(13)4-5-11(12)14-3/h4-5,8-9H,6-7,13H2,1-3H3. The van der Waals surface area contributed by atoms with Crippen LogP contribution in [0.2, 0.25) is 0 Å². The van der Waals surface area contributed by atoms with E-state index in [-0.39, 0.29) is 0 Å². The van der Waals surface area contributed by atoms with Crippen LogP contribution in [0.15, 0.2) is 18.2 Å². The van der Waals surface area contributed by atoms with Crippen LogP contribution >= 0.6 is 0 Å². The van der Waals surface area contributed by atoms with Crippen LogP contribution in [0.3, 0.4) is 0 Å². The molecule has 0 saturated heterocycles. The van der Waals surface area contributed by atoms with Crippen LogP contribution in [0.1, 0.15) is 20.3 Å². The number of anilines is 1. The van der Waals surface area contributed by atoms with Crippen LogP contribution in [-0.4, -0.2) is 13.7 Å². The highest BCUT2D eigenvalue weighted by atomic mass is 16.5. The lowest BCUT2D eigenvalue weighted by atomic mass is 10.1. The lowest BCUT2D eigenvalue weighted by Gasteiger charge is -2.12. The van der Waals surface area contributed by atoms with Gasteiger partial charge in [-0.15, -0.1) is 0 Å². The van der Waals surface area contributed by atoms with Gasteiger partial charge in [0.2, 0.25) is 0 Å². The van der Waals surface area contributed by atoms with E-state index in [1.54, 1.807) is 19.2 Å². The average Bonchev–Trinajstić information content (AvgIpc) is 2.17. The van der Waals surface area contributed by atoms with Crippen LogP contribution in [0.5, 0.6) is 11.5 Å². The Bertz CT molecular complexity index is 310. The minimum absolute atomic E-state index is 0.636. The van der Waals surface area contributed by atoms with Crippen molar-refractivity contribution in [2.45, 2.75) is 20.3 Å². The monoisotopic (exact) mass is 209 g/mol. The first kappa shape index (κ1) is 11.7. The van der Waals surface area contributed by atoms with Crippen LogP contribution < -0.4 is 15.2 Å². The van der Waals surface area contributed by atoms with Crippen molar-refractivity contribution in [2.75, 3.05) is 19.5 Å². The van der Waals surface area contributed by atoms with Gasteiger partial charge in [-0.25, -0.2) is 0 Å². The highest BCUT2D eigenvalue weighted by Gasteiger charge is 2.04. The van der Waals surface area contributed by atoms with Crippen molar-refractivity contribution in [3.05, 3.63) is 18.2 Å². The Labute approximate surface area is 91.2 Å². The third-order valence-corrected chi connectivity index (χ3v) is 2.14. The molecule has 0 aromatic heterocycles. The summed E-state index contributed by atoms with van der Waals surface area (Å²) in [5.74, 6) is 2.09. The quantitative estimate of drug-likeness (QED) is 0.758. The molecule has 0 bridgehead atoms. The van der Waals surface area contributed by atoms with E-state index in [9.17, 15) is 0 Å². The summed E-state index contributed by atoms with van der Waals surface area (Å²) >= 11 is 0. The molecule has 3 nitrogen and oxygen atoms in total. The number of hydrogen-bond donors (Lipinski definition) is 1. The second kappa shape index (κ2) is 5.49. The van der Waals surface area contributed by atoms with Crippen LogP contribution in [0.4, 0.5) is 5.69 Å². The number of nitrogen functional groups attached to an aromatic ring is 1. The summed E-state index contributed by atoms with van der Waals surface area (Å²) in [6, 6.07) is 5.41. The molecule has 84 valence electrons. The molecule has 2 N–H and O–H groups in total. The maximum Gasteiger partial charge on any atom is 0.163 e. The van der Waals surface area contributed by atoms with E-state index in [4.69, 9.17) is 15.2 Å². The zero-order chi connectivity index (χ0) is 11.3. The van der Waals surface area contributed by atoms with E-state index in [0.29, 0.717) is 18.2 Å². The molecular weight excluding hydrogens is 190 g/mol. The Balaban J connectivity index is 2.62. The maximum atomic E-state index is 5.68. The van der Waals surface area contributed by atoms with E-state index in [1.807, 2.05) is 6.07 Å². The average molecular weight is 209 g/mol. The van der Waals surface area contributed by atoms with E-state index >= 15 is 0 Å². The van der Waals surface area contributed by atoms with E-state index in [1.165, 1.54) is 0 Å². The Morgan fingerprint density at radius 2 is 2.00 bits per heavy atom. The van der Waals surface area contributed by atoms with Gasteiger partial charge in [0.25, 0.3) is 0 Å². The zero-order valence-corrected chi connectivity index (χ0v) is 9.62. The molecule has 0 atom stereocenters. The molecule has 1 aromatic rings. The minimum Gasteiger partial charge on any atom is -0.493 e. The number of rotatable bonds is 5. The molecule has 15 heavy (non-hydrogen) atoms. The topological polar surface area (TPSA) is 44.5 Å². The molecule has 0 aliphatic carbocycles. The van der Waals surface area contributed by atoms with Crippen molar-refractivity contribution in [3.8, 4) is 11.5 Å². The Hall–Kier alpha value is -1.38. The normalized spacial score (nSPS) is 10.4. The highest BCUT2D eigenvalue weighted by molar-refractivity contribution is 5.51. The smallest absolute Gasteiger partial charge is 0.163 e. The van der Waals surface area contributed by atoms with Crippen molar-refractivity contribution in [1.82, 2.24) is 0 Å². The number of benzene rings is 1. The molecule has 0 radical (unpaired) electrons. The second-order valence-corrected chi connectivity index (χ2v) is 3.94. The van der Waals surface area contributed by atoms with Gasteiger partial charge in [0.05, 0.1) is 13.7 Å². The van der Waals surface area contributed by atoms with Crippen molar-refractivity contribution in [1.29, 1.82) is 0 Å². The molecule has 0 spiro atoms. The fraction of sp³-hybridized carbons (Fsp3) is 0.500. The molecule has 3 heteroatoms. The van der Waals surface area contributed by atoms with Gasteiger partial charge in [-0.3, -0.25) is 0 Å². The van der Waals surface area contributed by atoms with E-state index in [0.717, 1.165) is 17.9 Å². The SMILES string of the molecule is COc1ccc(N)cc1OCCC(C)C. The van der Waals surface area contributed by atoms with Gasteiger partial charge in [0.15, 0.2) is 11.5 Å². The van der Waals surface area contributed by atoms with Crippen molar-refractivity contribution < 1.29 is 9.47 Å². The van der Waals surface area contributed by atoms with E-state index in [2.05, 4.69) is 13.8 Å². The largest absolute Gasteiger partial charge is 0.493 e. The van der Waals surface area contributed by atoms with Gasteiger partial charge >= 0.3 is 0 Å². The molecule has 0 fully saturated rings. The molecule has 1 aromatic carbocycles. The Morgan fingerprint density at radius 3 is 2.60 bits per heavy atom. The van der Waals surface area contributed by atoms with Gasteiger partial charge in [-0.1, -0.05) is 13.8 Å². The zero-order valence-electron chi connectivity index (χ0n) is 9.62. The first-order chi connectivity index (χ1) is 7.13. The summed E-state index contributed by atoms with van der Waals surface area (Å²) in [6.07, 6.45) is 1.03. The molecule has 0 amide bonds. The predicted octanol–water partition coefficient (Wildman–Crippen LogP) is 2.70. The van der Waals surface area contributed by atoms with E-state index < -0.39 is 0 Å². The fourth-order valence-corrected chi connectivity index (χ4v) is 1.21. The van der Waals surface area contributed by atoms with Gasteiger partial charge in [-0.05, 0) is 24.5 Å². The molecule has 0 aliphatic heterocycles. The first-order valence-corrected chi connectivity index (χ1v) is 5.19. The molecular formula is C12H19NO2. The van der Waals surface area contributed by atoms with Crippen molar-refractivity contribution >= 4 is 5.69 Å². The van der Waals surface area contributed by atoms with Gasteiger partial charge in [0.1, 0.15) is 0 Å². The summed E-state index contributed by atoms with van der Waals surface area (Å²) in [4.78, 5) is 0. The van der Waals surface area contributed by atoms with Gasteiger partial charge < -0.3 is 15.2 Å². The van der Waals surface area contributed by atoms with Crippen LogP contribution in [0, 0.1) is 5.92 Å². The lowest BCUT2D eigenvalue weighted by Crippen LogP contribution is -2.03. The van der Waals surface area contributed by atoms with Gasteiger partial charge in [0, 0.05) is 11.8 Å². The lowest BCUT2D eigenvalue weighted by molar-refractivity contribution is 0.273. The summed E-state index contributed by atoms with van der Waals surface area (Å²) in [7, 11) is 1.63. The Kier molecular flexibility index (Phi) is 4.28. The maximum absolute atomic E-state index is 5.68. The third-order valence-electron chi connectivity index (χ3n) is 2.14. The van der Waals surface area contributed by atoms with Gasteiger partial charge in [-0.2, -0.15) is 0 Å². The summed E-state index contributed by atoms with van der Waals surface area (Å²) in [5, 5.41) is 0. The first-order valence-electron chi connectivity index (χ1n) is 5.19. The third kappa shape index (κ3) is 3.70. The summed E-state index contributed by atoms with van der Waals surface area (Å²) in [6.45, 7) is 5.03. The number of hydrogen-bond acceptors (Lipinski definition) is 3. The minimum atomic E-state index is 0.636. The fourth-order valence-electron chi connectivity index (χ4n) is 1.21. The predicted molar refractivity (Wildman–Crippen MR) is 62.4 cm³/mol. The molecule has 0 unspecified atom stereocenters. The number of nitrogens with two attached hydrogens (primary N) is 1. The molecule has 0 saturated carbocycles. The van der Waals surface area contributed by atoms with Crippen LogP contribution in [-0.2, 0) is 0 Å². The summed E-state index contributed by atoms with van der Waals surface area (Å²) < 4.78 is 10.8. The van der Waals surface area contributed by atoms with Crippen molar-refractivity contribution in [2.24, 2.45) is 5.92 Å². The molecule has 1 rings (SSSR count). The molecule has 0 heterocycles. The summed E-state index contributed by atoms with van der Waals surface area (Å²) in [5.41, 5.74) is 6.37. The van der Waals surface area contributed by atoms with Crippen molar-refractivity contribution in [3.63, 3.8) is 0 Å².